The van der Waals surface area contributed by atoms with E-state index in [1.807, 2.05) is 17.0 Å². The van der Waals surface area contributed by atoms with E-state index in [-0.39, 0.29) is 17.4 Å². The number of hydrogen-bond acceptors (Lipinski definition) is 5. The van der Waals surface area contributed by atoms with E-state index in [1.54, 1.807) is 36.4 Å². The van der Waals surface area contributed by atoms with Gasteiger partial charge in [0.1, 0.15) is 5.69 Å². The molecule has 2 aliphatic heterocycles. The van der Waals surface area contributed by atoms with Crippen molar-refractivity contribution in [3.8, 4) is 0 Å². The molecule has 1 amide bonds. The molecule has 0 saturated carbocycles. The van der Waals surface area contributed by atoms with Crippen molar-refractivity contribution in [3.63, 3.8) is 0 Å². The molecule has 144 valence electrons. The second-order valence-electron chi connectivity index (χ2n) is 7.53. The lowest BCUT2D eigenvalue weighted by Crippen LogP contribution is -2.58. The summed E-state index contributed by atoms with van der Waals surface area (Å²) in [5.41, 5.74) is 1.59. The number of carbonyl (C=O) groups is 1. The third kappa shape index (κ3) is 3.75. The molecule has 2 aromatic rings. The summed E-state index contributed by atoms with van der Waals surface area (Å²) in [6, 6.07) is 5.70. The van der Waals surface area contributed by atoms with Gasteiger partial charge in [-0.05, 0) is 43.0 Å². The number of ether oxygens (including phenoxy) is 2. The number of pyridine rings is 1. The molecule has 27 heavy (non-hydrogen) atoms. The van der Waals surface area contributed by atoms with Gasteiger partial charge in [0.25, 0.3) is 5.91 Å². The van der Waals surface area contributed by atoms with E-state index in [4.69, 9.17) is 9.47 Å². The zero-order valence-corrected chi connectivity index (χ0v) is 15.7. The normalized spacial score (nSPS) is 25.2. The van der Waals surface area contributed by atoms with Crippen LogP contribution in [0, 0.1) is 5.41 Å². The lowest BCUT2D eigenvalue weighted by Gasteiger charge is -2.50. The van der Waals surface area contributed by atoms with Gasteiger partial charge >= 0.3 is 0 Å². The quantitative estimate of drug-likeness (QED) is 0.806. The molecule has 0 spiro atoms. The van der Waals surface area contributed by atoms with Crippen LogP contribution in [0.3, 0.4) is 0 Å². The van der Waals surface area contributed by atoms with E-state index in [0.717, 1.165) is 31.4 Å². The Hall–Kier alpha value is -2.25. The van der Waals surface area contributed by atoms with Crippen molar-refractivity contribution >= 4 is 5.91 Å². The third-order valence-corrected chi connectivity index (χ3v) is 5.72. The number of likely N-dealkylation sites (tertiary alicyclic amines) is 1. The first-order valence-corrected chi connectivity index (χ1v) is 9.53. The number of aromatic nitrogens is 3. The number of aryl methyl sites for hydroxylation is 1. The fourth-order valence-electron chi connectivity index (χ4n) is 4.27. The maximum atomic E-state index is 13.0. The van der Waals surface area contributed by atoms with Crippen LogP contribution in [-0.4, -0.2) is 58.0 Å². The molecule has 2 saturated heterocycles. The van der Waals surface area contributed by atoms with E-state index in [0.29, 0.717) is 32.0 Å². The van der Waals surface area contributed by atoms with Gasteiger partial charge in [0, 0.05) is 50.7 Å². The van der Waals surface area contributed by atoms with Crippen LogP contribution in [0.25, 0.3) is 0 Å². The molecule has 2 fully saturated rings. The van der Waals surface area contributed by atoms with Crippen molar-refractivity contribution in [2.24, 2.45) is 12.5 Å². The molecule has 2 unspecified atom stereocenters. The van der Waals surface area contributed by atoms with Gasteiger partial charge < -0.3 is 14.4 Å². The van der Waals surface area contributed by atoms with Gasteiger partial charge in [-0.3, -0.25) is 14.5 Å². The van der Waals surface area contributed by atoms with Crippen molar-refractivity contribution < 1.29 is 14.3 Å². The first-order chi connectivity index (χ1) is 13.2. The standard InChI is InChI=1S/C20H26N4O3/c1-23-17(5-10-22-23)19(25)24-11-6-18-20(14-24,7-2-12-27-18)15-26-13-16-3-8-21-9-4-16/h3-5,8-10,18H,2,6-7,11-15H2,1H3. The van der Waals surface area contributed by atoms with Crippen LogP contribution in [0.5, 0.6) is 0 Å². The van der Waals surface area contributed by atoms with Gasteiger partial charge in [0.05, 0.1) is 19.3 Å². The summed E-state index contributed by atoms with van der Waals surface area (Å²) in [5.74, 6) is 0.0348. The predicted octanol–water partition coefficient (Wildman–Crippen LogP) is 2.04. The van der Waals surface area contributed by atoms with Crippen molar-refractivity contribution in [3.05, 3.63) is 48.0 Å². The average molecular weight is 370 g/mol. The Morgan fingerprint density at radius 1 is 1.33 bits per heavy atom. The van der Waals surface area contributed by atoms with Crippen molar-refractivity contribution in [2.45, 2.75) is 32.0 Å². The highest BCUT2D eigenvalue weighted by Crippen LogP contribution is 2.41. The second-order valence-corrected chi connectivity index (χ2v) is 7.53. The Morgan fingerprint density at radius 3 is 2.96 bits per heavy atom. The molecule has 0 bridgehead atoms. The van der Waals surface area contributed by atoms with Gasteiger partial charge in [-0.25, -0.2) is 0 Å². The zero-order valence-electron chi connectivity index (χ0n) is 15.7. The fourth-order valence-corrected chi connectivity index (χ4v) is 4.27. The predicted molar refractivity (Wildman–Crippen MR) is 99.0 cm³/mol. The van der Waals surface area contributed by atoms with E-state index >= 15 is 0 Å². The molecule has 0 N–H and O–H groups in total. The highest BCUT2D eigenvalue weighted by molar-refractivity contribution is 5.92. The monoisotopic (exact) mass is 370 g/mol. The summed E-state index contributed by atoms with van der Waals surface area (Å²) in [5, 5.41) is 4.13. The topological polar surface area (TPSA) is 69.5 Å². The highest BCUT2D eigenvalue weighted by atomic mass is 16.5. The Kier molecular flexibility index (Phi) is 5.22. The molecule has 7 nitrogen and oxygen atoms in total. The lowest BCUT2D eigenvalue weighted by atomic mass is 9.73. The summed E-state index contributed by atoms with van der Waals surface area (Å²) in [7, 11) is 1.80. The molecule has 0 radical (unpaired) electrons. The van der Waals surface area contributed by atoms with Crippen LogP contribution in [0.1, 0.15) is 35.3 Å². The number of amides is 1. The zero-order chi connectivity index (χ0) is 18.7. The van der Waals surface area contributed by atoms with Crippen LogP contribution in [0.4, 0.5) is 0 Å². The molecule has 0 aromatic carbocycles. The van der Waals surface area contributed by atoms with Gasteiger partial charge in [-0.1, -0.05) is 0 Å². The first kappa shape index (κ1) is 18.1. The number of rotatable bonds is 5. The Morgan fingerprint density at radius 2 is 2.19 bits per heavy atom. The molecule has 4 rings (SSSR count). The SMILES string of the molecule is Cn1nccc1C(=O)N1CCC2OCCCC2(COCc2ccncc2)C1. The molecule has 2 aliphatic rings. The van der Waals surface area contributed by atoms with Crippen molar-refractivity contribution in [1.82, 2.24) is 19.7 Å². The number of piperidine rings is 1. The molecule has 4 heterocycles. The second kappa shape index (κ2) is 7.78. The summed E-state index contributed by atoms with van der Waals surface area (Å²) in [4.78, 5) is 19.0. The summed E-state index contributed by atoms with van der Waals surface area (Å²) >= 11 is 0. The lowest BCUT2D eigenvalue weighted by molar-refractivity contribution is -0.148. The summed E-state index contributed by atoms with van der Waals surface area (Å²) in [6.07, 6.45) is 8.24. The van der Waals surface area contributed by atoms with Crippen LogP contribution >= 0.6 is 0 Å². The minimum absolute atomic E-state index is 0.0348. The molecular formula is C20H26N4O3. The van der Waals surface area contributed by atoms with E-state index in [9.17, 15) is 4.79 Å². The first-order valence-electron chi connectivity index (χ1n) is 9.53. The van der Waals surface area contributed by atoms with E-state index in [1.165, 1.54) is 0 Å². The van der Waals surface area contributed by atoms with Gasteiger partial charge in [0.2, 0.25) is 0 Å². The smallest absolute Gasteiger partial charge is 0.272 e. The van der Waals surface area contributed by atoms with Crippen LogP contribution < -0.4 is 0 Å². The molecule has 2 aromatic heterocycles. The molecule has 0 aliphatic carbocycles. The molecular weight excluding hydrogens is 344 g/mol. The number of nitrogens with zero attached hydrogens (tertiary/aromatic N) is 4. The maximum Gasteiger partial charge on any atom is 0.272 e. The minimum atomic E-state index is -0.141. The Bertz CT molecular complexity index is 779. The van der Waals surface area contributed by atoms with Crippen LogP contribution in [0.2, 0.25) is 0 Å². The molecule has 2 atom stereocenters. The number of fused-ring (bicyclic) bond motifs is 1. The largest absolute Gasteiger partial charge is 0.377 e. The Labute approximate surface area is 159 Å². The van der Waals surface area contributed by atoms with Gasteiger partial charge in [-0.2, -0.15) is 5.10 Å². The van der Waals surface area contributed by atoms with E-state index in [2.05, 4.69) is 10.1 Å². The summed E-state index contributed by atoms with van der Waals surface area (Å²) in [6.45, 7) is 3.31. The maximum absolute atomic E-state index is 13.0. The minimum Gasteiger partial charge on any atom is -0.377 e. The highest BCUT2D eigenvalue weighted by Gasteiger charge is 2.47. The van der Waals surface area contributed by atoms with Crippen LogP contribution in [0.15, 0.2) is 36.8 Å². The number of hydrogen-bond donors (Lipinski definition) is 0. The van der Waals surface area contributed by atoms with Gasteiger partial charge in [-0.15, -0.1) is 0 Å². The van der Waals surface area contributed by atoms with Crippen molar-refractivity contribution in [2.75, 3.05) is 26.3 Å². The van der Waals surface area contributed by atoms with Gasteiger partial charge in [0.15, 0.2) is 0 Å². The molecule has 7 heteroatoms. The average Bonchev–Trinajstić information content (AvgIpc) is 3.13. The summed E-state index contributed by atoms with van der Waals surface area (Å²) < 4.78 is 13.8. The Balaban J connectivity index is 1.46. The third-order valence-electron chi connectivity index (χ3n) is 5.72. The van der Waals surface area contributed by atoms with Crippen LogP contribution in [-0.2, 0) is 23.1 Å². The number of carbonyl (C=O) groups excluding carboxylic acids is 1. The van der Waals surface area contributed by atoms with Crippen molar-refractivity contribution in [1.29, 1.82) is 0 Å². The fraction of sp³-hybridized carbons (Fsp3) is 0.550. The van der Waals surface area contributed by atoms with E-state index < -0.39 is 0 Å².